The number of ether oxygens (including phenoxy) is 1. The molecule has 0 fully saturated rings. The molecule has 2 aromatic rings. The number of nitrogens with zero attached hydrogens (tertiary/aromatic N) is 3. The van der Waals surface area contributed by atoms with Gasteiger partial charge in [0.2, 0.25) is 10.0 Å². The molecule has 2 rings (SSSR count). The van der Waals surface area contributed by atoms with E-state index in [9.17, 15) is 8.42 Å². The van der Waals surface area contributed by atoms with Gasteiger partial charge in [0.1, 0.15) is 17.4 Å². The molecule has 23 heavy (non-hydrogen) atoms. The fraction of sp³-hybridized carbons (Fsp3) is 0.333. The molecule has 1 heterocycles. The lowest BCUT2D eigenvalue weighted by atomic mass is 10.2. The second kappa shape index (κ2) is 6.93. The van der Waals surface area contributed by atoms with Crippen LogP contribution >= 0.6 is 0 Å². The Morgan fingerprint density at radius 1 is 1.26 bits per heavy atom. The monoisotopic (exact) mass is 336 g/mol. The molecule has 0 atom stereocenters. The van der Waals surface area contributed by atoms with E-state index in [1.807, 2.05) is 19.0 Å². The third kappa shape index (κ3) is 4.17. The van der Waals surface area contributed by atoms with Crippen molar-refractivity contribution >= 4 is 15.8 Å². The normalized spacial score (nSPS) is 11.3. The average Bonchev–Trinajstić information content (AvgIpc) is 2.53. The summed E-state index contributed by atoms with van der Waals surface area (Å²) in [6.45, 7) is 1.82. The summed E-state index contributed by atoms with van der Waals surface area (Å²) in [6.07, 6.45) is 1.60. The molecule has 0 spiro atoms. The molecule has 0 unspecified atom stereocenters. The van der Waals surface area contributed by atoms with Crippen molar-refractivity contribution < 1.29 is 13.2 Å². The van der Waals surface area contributed by atoms with Gasteiger partial charge in [0.05, 0.1) is 18.6 Å². The number of hydrogen-bond donors (Lipinski definition) is 1. The van der Waals surface area contributed by atoms with Crippen LogP contribution in [-0.4, -0.2) is 39.6 Å². The van der Waals surface area contributed by atoms with Crippen molar-refractivity contribution in [3.05, 3.63) is 41.9 Å². The third-order valence-corrected chi connectivity index (χ3v) is 4.64. The van der Waals surface area contributed by atoms with Crippen LogP contribution in [0.4, 0.5) is 5.82 Å². The maximum Gasteiger partial charge on any atom is 0.240 e. The first kappa shape index (κ1) is 17.2. The number of hydrogen-bond acceptors (Lipinski definition) is 6. The van der Waals surface area contributed by atoms with Crippen LogP contribution in [0.25, 0.3) is 0 Å². The molecule has 0 aliphatic carbocycles. The highest BCUT2D eigenvalue weighted by atomic mass is 32.2. The standard InChI is InChI=1S/C15H20N4O3S/c1-11-9-12(5-6-13(11)22-4)23(20,21)17-10-14-16-8-7-15(18-14)19(2)3/h5-9,17H,10H2,1-4H3. The molecule has 0 saturated heterocycles. The van der Waals surface area contributed by atoms with Crippen LogP contribution in [0.2, 0.25) is 0 Å². The summed E-state index contributed by atoms with van der Waals surface area (Å²) < 4.78 is 32.4. The summed E-state index contributed by atoms with van der Waals surface area (Å²) in [7, 11) is 1.62. The quantitative estimate of drug-likeness (QED) is 0.857. The van der Waals surface area contributed by atoms with E-state index < -0.39 is 10.0 Å². The summed E-state index contributed by atoms with van der Waals surface area (Å²) in [5.41, 5.74) is 0.751. The summed E-state index contributed by atoms with van der Waals surface area (Å²) in [5.74, 6) is 1.77. The Balaban J connectivity index is 2.16. The highest BCUT2D eigenvalue weighted by Crippen LogP contribution is 2.21. The van der Waals surface area contributed by atoms with Crippen LogP contribution in [0, 0.1) is 6.92 Å². The molecule has 0 bridgehead atoms. The van der Waals surface area contributed by atoms with Crippen LogP contribution in [0.3, 0.4) is 0 Å². The van der Waals surface area contributed by atoms with Crippen molar-refractivity contribution in [3.8, 4) is 5.75 Å². The van der Waals surface area contributed by atoms with Crippen LogP contribution in [0.15, 0.2) is 35.4 Å². The lowest BCUT2D eigenvalue weighted by Crippen LogP contribution is -2.25. The molecule has 1 aromatic heterocycles. The highest BCUT2D eigenvalue weighted by Gasteiger charge is 2.16. The van der Waals surface area contributed by atoms with Crippen LogP contribution in [0.5, 0.6) is 5.75 Å². The zero-order chi connectivity index (χ0) is 17.0. The predicted octanol–water partition coefficient (Wildman–Crippen LogP) is 1.34. The minimum absolute atomic E-state index is 0.0229. The van der Waals surface area contributed by atoms with E-state index in [2.05, 4.69) is 14.7 Å². The number of nitrogens with one attached hydrogen (secondary N) is 1. The van der Waals surface area contributed by atoms with Crippen LogP contribution in [-0.2, 0) is 16.6 Å². The SMILES string of the molecule is COc1ccc(S(=O)(=O)NCc2nccc(N(C)C)n2)cc1C. The van der Waals surface area contributed by atoms with Gasteiger partial charge in [0.25, 0.3) is 0 Å². The van der Waals surface area contributed by atoms with E-state index in [-0.39, 0.29) is 11.4 Å². The van der Waals surface area contributed by atoms with Crippen molar-refractivity contribution in [2.75, 3.05) is 26.1 Å². The Hall–Kier alpha value is -2.19. The van der Waals surface area contributed by atoms with Gasteiger partial charge in [-0.15, -0.1) is 0 Å². The minimum atomic E-state index is -3.64. The molecule has 0 amide bonds. The van der Waals surface area contributed by atoms with Gasteiger partial charge in [-0.3, -0.25) is 0 Å². The van der Waals surface area contributed by atoms with Crippen molar-refractivity contribution in [2.45, 2.75) is 18.4 Å². The molecule has 7 nitrogen and oxygen atoms in total. The second-order valence-corrected chi connectivity index (χ2v) is 6.95. The Labute approximate surface area is 136 Å². The van der Waals surface area contributed by atoms with Gasteiger partial charge in [0, 0.05) is 20.3 Å². The van der Waals surface area contributed by atoms with Gasteiger partial charge >= 0.3 is 0 Å². The Bertz CT molecular complexity index is 791. The van der Waals surface area contributed by atoms with E-state index in [0.717, 1.165) is 11.4 Å². The first-order valence-electron chi connectivity index (χ1n) is 6.97. The topological polar surface area (TPSA) is 84.4 Å². The maximum absolute atomic E-state index is 12.4. The molecule has 1 N–H and O–H groups in total. The molecule has 0 aliphatic heterocycles. The zero-order valence-electron chi connectivity index (χ0n) is 13.6. The summed E-state index contributed by atoms with van der Waals surface area (Å²) in [5, 5.41) is 0. The van der Waals surface area contributed by atoms with Crippen molar-refractivity contribution in [2.24, 2.45) is 0 Å². The Morgan fingerprint density at radius 3 is 2.61 bits per heavy atom. The second-order valence-electron chi connectivity index (χ2n) is 5.18. The Kier molecular flexibility index (Phi) is 5.17. The number of anilines is 1. The Morgan fingerprint density at radius 2 is 2.00 bits per heavy atom. The lowest BCUT2D eigenvalue weighted by Gasteiger charge is -2.12. The van der Waals surface area contributed by atoms with Gasteiger partial charge in [-0.05, 0) is 36.8 Å². The average molecular weight is 336 g/mol. The van der Waals surface area contributed by atoms with Crippen molar-refractivity contribution in [1.29, 1.82) is 0 Å². The predicted molar refractivity (Wildman–Crippen MR) is 88.1 cm³/mol. The van der Waals surface area contributed by atoms with E-state index in [1.54, 1.807) is 38.4 Å². The number of aromatic nitrogens is 2. The zero-order valence-corrected chi connectivity index (χ0v) is 14.4. The third-order valence-electron chi connectivity index (χ3n) is 3.25. The first-order valence-corrected chi connectivity index (χ1v) is 8.45. The summed E-state index contributed by atoms with van der Waals surface area (Å²) >= 11 is 0. The largest absolute Gasteiger partial charge is 0.496 e. The summed E-state index contributed by atoms with van der Waals surface area (Å²) in [6, 6.07) is 6.46. The highest BCUT2D eigenvalue weighted by molar-refractivity contribution is 7.89. The molecular formula is C15H20N4O3S. The minimum Gasteiger partial charge on any atom is -0.496 e. The van der Waals surface area contributed by atoms with Gasteiger partial charge in [-0.1, -0.05) is 0 Å². The number of aryl methyl sites for hydroxylation is 1. The van der Waals surface area contributed by atoms with E-state index >= 15 is 0 Å². The maximum atomic E-state index is 12.4. The number of rotatable bonds is 6. The number of benzene rings is 1. The van der Waals surface area contributed by atoms with E-state index in [1.165, 1.54) is 6.07 Å². The van der Waals surface area contributed by atoms with Gasteiger partial charge in [0.15, 0.2) is 0 Å². The molecule has 8 heteroatoms. The molecule has 0 radical (unpaired) electrons. The molecular weight excluding hydrogens is 316 g/mol. The van der Waals surface area contributed by atoms with Crippen LogP contribution in [0.1, 0.15) is 11.4 Å². The molecule has 124 valence electrons. The van der Waals surface area contributed by atoms with Crippen molar-refractivity contribution in [3.63, 3.8) is 0 Å². The van der Waals surface area contributed by atoms with Gasteiger partial charge < -0.3 is 9.64 Å². The van der Waals surface area contributed by atoms with E-state index in [4.69, 9.17) is 4.74 Å². The number of methoxy groups -OCH3 is 1. The van der Waals surface area contributed by atoms with Gasteiger partial charge in [-0.2, -0.15) is 0 Å². The first-order chi connectivity index (χ1) is 10.8. The lowest BCUT2D eigenvalue weighted by molar-refractivity contribution is 0.411. The summed E-state index contributed by atoms with van der Waals surface area (Å²) in [4.78, 5) is 10.4. The van der Waals surface area contributed by atoms with Crippen LogP contribution < -0.4 is 14.4 Å². The molecule has 0 aliphatic rings. The molecule has 1 aromatic carbocycles. The fourth-order valence-corrected chi connectivity index (χ4v) is 3.05. The molecule has 0 saturated carbocycles. The smallest absolute Gasteiger partial charge is 0.240 e. The number of sulfonamides is 1. The van der Waals surface area contributed by atoms with Crippen molar-refractivity contribution in [1.82, 2.24) is 14.7 Å². The van der Waals surface area contributed by atoms with E-state index in [0.29, 0.717) is 11.6 Å². The van der Waals surface area contributed by atoms with Gasteiger partial charge in [-0.25, -0.2) is 23.1 Å². The fourth-order valence-electron chi connectivity index (χ4n) is 1.98.